The zero-order valence-electron chi connectivity index (χ0n) is 12.2. The number of halogens is 1. The van der Waals surface area contributed by atoms with Crippen molar-refractivity contribution in [1.82, 2.24) is 9.99 Å². The summed E-state index contributed by atoms with van der Waals surface area (Å²) in [5, 5.41) is 5.22. The van der Waals surface area contributed by atoms with Crippen LogP contribution in [-0.2, 0) is 6.54 Å². The van der Waals surface area contributed by atoms with E-state index in [2.05, 4.69) is 15.1 Å². The van der Waals surface area contributed by atoms with Crippen LogP contribution in [0.15, 0.2) is 59.8 Å². The predicted octanol–water partition coefficient (Wildman–Crippen LogP) is 3.00. The fourth-order valence-corrected chi connectivity index (χ4v) is 2.43. The highest BCUT2D eigenvalue weighted by Gasteiger charge is 2.03. The highest BCUT2D eigenvalue weighted by atomic mass is 32.1. The van der Waals surface area contributed by atoms with E-state index in [9.17, 15) is 4.39 Å². The molecule has 23 heavy (non-hydrogen) atoms. The summed E-state index contributed by atoms with van der Waals surface area (Å²) in [5.41, 5.74) is 10.9. The Morgan fingerprint density at radius 3 is 2.74 bits per heavy atom. The Bertz CT molecular complexity index is 868. The largest absolute Gasteiger partial charge is 0.375 e. The molecule has 0 unspecified atom stereocenters. The van der Waals surface area contributed by atoms with Crippen LogP contribution in [0.4, 0.5) is 4.39 Å². The Balaban J connectivity index is 1.87. The average Bonchev–Trinajstić information content (AvgIpc) is 2.92. The molecule has 0 aliphatic heterocycles. The summed E-state index contributed by atoms with van der Waals surface area (Å²) in [5.74, 6) is -0.227. The minimum atomic E-state index is -0.227. The van der Waals surface area contributed by atoms with Crippen LogP contribution in [0.5, 0.6) is 0 Å². The molecule has 4 nitrogen and oxygen atoms in total. The quantitative estimate of drug-likeness (QED) is 0.440. The average molecular weight is 326 g/mol. The number of rotatable bonds is 4. The van der Waals surface area contributed by atoms with Gasteiger partial charge in [0.1, 0.15) is 5.82 Å². The summed E-state index contributed by atoms with van der Waals surface area (Å²) in [4.78, 5) is 0. The number of nitrogens with zero attached hydrogens (tertiary/aromatic N) is 2. The second-order valence-corrected chi connectivity index (χ2v) is 5.56. The maximum absolute atomic E-state index is 13.0. The fraction of sp³-hybridized carbons (Fsp3) is 0.0588. The van der Waals surface area contributed by atoms with Gasteiger partial charge in [0, 0.05) is 18.3 Å². The van der Waals surface area contributed by atoms with Gasteiger partial charge in [0.2, 0.25) is 0 Å². The van der Waals surface area contributed by atoms with Gasteiger partial charge in [-0.05, 0) is 53.0 Å². The first-order valence-corrected chi connectivity index (χ1v) is 7.44. The molecule has 6 heteroatoms. The number of hydrogen-bond acceptors (Lipinski definition) is 2. The third-order valence-corrected chi connectivity index (χ3v) is 3.54. The maximum Gasteiger partial charge on any atom is 0.184 e. The minimum Gasteiger partial charge on any atom is -0.375 e. The summed E-state index contributed by atoms with van der Waals surface area (Å²) >= 11 is 4.70. The first-order chi connectivity index (χ1) is 11.1. The molecule has 0 saturated carbocycles. The van der Waals surface area contributed by atoms with E-state index in [-0.39, 0.29) is 10.9 Å². The van der Waals surface area contributed by atoms with E-state index in [0.29, 0.717) is 6.54 Å². The minimum absolute atomic E-state index is 0.127. The van der Waals surface area contributed by atoms with Crippen LogP contribution in [-0.4, -0.2) is 15.9 Å². The summed E-state index contributed by atoms with van der Waals surface area (Å²) in [6.45, 7) is 0.676. The summed E-state index contributed by atoms with van der Waals surface area (Å²) in [6.07, 6.45) is 3.68. The number of nitrogens with two attached hydrogens (primary N) is 1. The van der Waals surface area contributed by atoms with E-state index in [4.69, 9.17) is 18.0 Å². The SMILES string of the molecule is NC(=S)NN=Cc1ccc2ccn(Cc3ccc(F)cc3)c2c1. The van der Waals surface area contributed by atoms with E-state index in [1.807, 2.05) is 30.5 Å². The lowest BCUT2D eigenvalue weighted by atomic mass is 10.1. The van der Waals surface area contributed by atoms with Crippen molar-refractivity contribution in [3.63, 3.8) is 0 Å². The van der Waals surface area contributed by atoms with Crippen LogP contribution in [0, 0.1) is 5.82 Å². The second-order valence-electron chi connectivity index (χ2n) is 5.12. The standard InChI is InChI=1S/C17H15FN4S/c18-15-5-2-12(3-6-15)11-22-8-7-14-4-1-13(9-16(14)22)10-20-21-17(19)23/h1-10H,11H2,(H3,19,21,23). The van der Waals surface area contributed by atoms with Crippen LogP contribution < -0.4 is 11.2 Å². The number of nitrogens with one attached hydrogen (secondary N) is 1. The third-order valence-electron chi connectivity index (χ3n) is 3.45. The van der Waals surface area contributed by atoms with Gasteiger partial charge in [0.05, 0.1) is 6.21 Å². The number of thiocarbonyl (C=S) groups is 1. The van der Waals surface area contributed by atoms with Crippen molar-refractivity contribution >= 4 is 34.4 Å². The highest BCUT2D eigenvalue weighted by Crippen LogP contribution is 2.18. The van der Waals surface area contributed by atoms with Crippen molar-refractivity contribution in [1.29, 1.82) is 0 Å². The van der Waals surface area contributed by atoms with Crippen molar-refractivity contribution in [2.75, 3.05) is 0 Å². The van der Waals surface area contributed by atoms with E-state index in [1.165, 1.54) is 12.1 Å². The molecule has 3 aromatic rings. The Kier molecular flexibility index (Phi) is 4.34. The van der Waals surface area contributed by atoms with Gasteiger partial charge in [-0.1, -0.05) is 24.3 Å². The molecule has 1 heterocycles. The topological polar surface area (TPSA) is 55.3 Å². The molecule has 0 amide bonds. The lowest BCUT2D eigenvalue weighted by Crippen LogP contribution is -2.23. The lowest BCUT2D eigenvalue weighted by molar-refractivity contribution is 0.626. The molecule has 0 atom stereocenters. The smallest absolute Gasteiger partial charge is 0.184 e. The van der Waals surface area contributed by atoms with Crippen LogP contribution in [0.25, 0.3) is 10.9 Å². The van der Waals surface area contributed by atoms with Crippen molar-refractivity contribution in [3.05, 3.63) is 71.7 Å². The van der Waals surface area contributed by atoms with E-state index in [1.54, 1.807) is 18.3 Å². The first-order valence-electron chi connectivity index (χ1n) is 7.04. The molecule has 3 N–H and O–H groups in total. The van der Waals surface area contributed by atoms with Crippen LogP contribution in [0.1, 0.15) is 11.1 Å². The van der Waals surface area contributed by atoms with Crippen molar-refractivity contribution in [2.45, 2.75) is 6.54 Å². The van der Waals surface area contributed by atoms with Crippen molar-refractivity contribution < 1.29 is 4.39 Å². The van der Waals surface area contributed by atoms with Gasteiger partial charge in [0.15, 0.2) is 5.11 Å². The van der Waals surface area contributed by atoms with Gasteiger partial charge in [-0.25, -0.2) is 4.39 Å². The zero-order valence-corrected chi connectivity index (χ0v) is 13.1. The molecule has 0 radical (unpaired) electrons. The van der Waals surface area contributed by atoms with Crippen LogP contribution in [0.2, 0.25) is 0 Å². The molecular formula is C17H15FN4S. The van der Waals surface area contributed by atoms with Gasteiger partial charge < -0.3 is 10.3 Å². The molecule has 1 aromatic heterocycles. The van der Waals surface area contributed by atoms with Gasteiger partial charge in [-0.2, -0.15) is 5.10 Å². The molecular weight excluding hydrogens is 311 g/mol. The predicted molar refractivity (Wildman–Crippen MR) is 95.0 cm³/mol. The summed E-state index contributed by atoms with van der Waals surface area (Å²) < 4.78 is 15.1. The molecule has 116 valence electrons. The van der Waals surface area contributed by atoms with Gasteiger partial charge in [-0.15, -0.1) is 0 Å². The van der Waals surface area contributed by atoms with E-state index in [0.717, 1.165) is 22.0 Å². The fourth-order valence-electron chi connectivity index (χ4n) is 2.38. The number of fused-ring (bicyclic) bond motifs is 1. The zero-order chi connectivity index (χ0) is 16.2. The number of benzene rings is 2. The van der Waals surface area contributed by atoms with E-state index < -0.39 is 0 Å². The monoisotopic (exact) mass is 326 g/mol. The maximum atomic E-state index is 13.0. The highest BCUT2D eigenvalue weighted by molar-refractivity contribution is 7.80. The van der Waals surface area contributed by atoms with Crippen molar-refractivity contribution in [2.24, 2.45) is 10.8 Å². The molecule has 0 aliphatic carbocycles. The van der Waals surface area contributed by atoms with Gasteiger partial charge >= 0.3 is 0 Å². The van der Waals surface area contributed by atoms with Crippen molar-refractivity contribution in [3.8, 4) is 0 Å². The van der Waals surface area contributed by atoms with Gasteiger partial charge in [-0.3, -0.25) is 5.43 Å². The Hall–Kier alpha value is -2.73. The Morgan fingerprint density at radius 2 is 2.00 bits per heavy atom. The normalized spacial score (nSPS) is 11.2. The molecule has 2 aromatic carbocycles. The number of aromatic nitrogens is 1. The molecule has 0 fully saturated rings. The van der Waals surface area contributed by atoms with Crippen LogP contribution >= 0.6 is 12.2 Å². The number of hydrogen-bond donors (Lipinski definition) is 2. The summed E-state index contributed by atoms with van der Waals surface area (Å²) in [7, 11) is 0. The summed E-state index contributed by atoms with van der Waals surface area (Å²) in [6, 6.07) is 14.6. The Labute approximate surface area is 138 Å². The second kappa shape index (κ2) is 6.58. The lowest BCUT2D eigenvalue weighted by Gasteiger charge is -2.06. The molecule has 0 aliphatic rings. The molecule has 0 spiro atoms. The first kappa shape index (κ1) is 15.2. The number of hydrazone groups is 1. The van der Waals surface area contributed by atoms with E-state index >= 15 is 0 Å². The molecule has 0 saturated heterocycles. The third kappa shape index (κ3) is 3.73. The molecule has 0 bridgehead atoms. The van der Waals surface area contributed by atoms with Gasteiger partial charge in [0.25, 0.3) is 0 Å². The Morgan fingerprint density at radius 1 is 1.22 bits per heavy atom. The van der Waals surface area contributed by atoms with Crippen LogP contribution in [0.3, 0.4) is 0 Å². The molecule has 3 rings (SSSR count).